The zero-order chi connectivity index (χ0) is 13.9. The molecule has 1 aromatic carbocycles. The smallest absolute Gasteiger partial charge is 0.273 e. The molecule has 0 saturated carbocycles. The van der Waals surface area contributed by atoms with Crippen molar-refractivity contribution in [3.8, 4) is 0 Å². The van der Waals surface area contributed by atoms with Crippen molar-refractivity contribution in [3.05, 3.63) is 42.0 Å². The van der Waals surface area contributed by atoms with E-state index in [1.807, 2.05) is 19.1 Å². The van der Waals surface area contributed by atoms with E-state index in [2.05, 4.69) is 32.3 Å². The highest BCUT2D eigenvalue weighted by Crippen LogP contribution is 2.22. The van der Waals surface area contributed by atoms with Crippen LogP contribution in [0.4, 0.5) is 11.4 Å². The number of imidazole rings is 1. The van der Waals surface area contributed by atoms with Crippen molar-refractivity contribution in [2.45, 2.75) is 19.8 Å². The summed E-state index contributed by atoms with van der Waals surface area (Å²) in [6.45, 7) is 4.07. The number of carbonyl (C=O) groups excluding carboxylic acids is 1. The maximum absolute atomic E-state index is 12.0. The van der Waals surface area contributed by atoms with Gasteiger partial charge in [0.2, 0.25) is 0 Å². The van der Waals surface area contributed by atoms with Crippen LogP contribution in [0.5, 0.6) is 0 Å². The summed E-state index contributed by atoms with van der Waals surface area (Å²) < 4.78 is 0. The number of hydrogen-bond donors (Lipinski definition) is 2. The Labute approximate surface area is 118 Å². The van der Waals surface area contributed by atoms with E-state index in [9.17, 15) is 4.79 Å². The molecule has 1 saturated heterocycles. The summed E-state index contributed by atoms with van der Waals surface area (Å²) in [4.78, 5) is 21.3. The highest BCUT2D eigenvalue weighted by Gasteiger charge is 2.12. The first kappa shape index (κ1) is 12.7. The second-order valence-corrected chi connectivity index (χ2v) is 5.08. The molecule has 1 fully saturated rings. The Kier molecular flexibility index (Phi) is 3.41. The fourth-order valence-electron chi connectivity index (χ4n) is 2.47. The first-order valence-corrected chi connectivity index (χ1v) is 6.90. The van der Waals surface area contributed by atoms with Crippen LogP contribution in [-0.2, 0) is 0 Å². The first-order chi connectivity index (χ1) is 9.72. The van der Waals surface area contributed by atoms with Gasteiger partial charge in [-0.15, -0.1) is 0 Å². The largest absolute Gasteiger partial charge is 0.372 e. The number of aromatic nitrogens is 2. The molecule has 1 amide bonds. The van der Waals surface area contributed by atoms with E-state index in [0.29, 0.717) is 5.69 Å². The molecule has 0 radical (unpaired) electrons. The number of rotatable bonds is 3. The van der Waals surface area contributed by atoms with Gasteiger partial charge in [-0.1, -0.05) is 0 Å². The molecule has 3 rings (SSSR count). The average molecular weight is 270 g/mol. The van der Waals surface area contributed by atoms with Crippen molar-refractivity contribution in [2.24, 2.45) is 0 Å². The van der Waals surface area contributed by atoms with Crippen LogP contribution < -0.4 is 10.2 Å². The van der Waals surface area contributed by atoms with Gasteiger partial charge in [0.15, 0.2) is 0 Å². The number of aryl methyl sites for hydroxylation is 1. The van der Waals surface area contributed by atoms with Gasteiger partial charge < -0.3 is 15.2 Å². The predicted octanol–water partition coefficient (Wildman–Crippen LogP) is 2.57. The summed E-state index contributed by atoms with van der Waals surface area (Å²) in [6.07, 6.45) is 4.07. The van der Waals surface area contributed by atoms with Gasteiger partial charge in [-0.05, 0) is 44.0 Å². The average Bonchev–Trinajstić information content (AvgIpc) is 3.10. The molecule has 2 heterocycles. The Bertz CT molecular complexity index is 597. The second kappa shape index (κ2) is 5.36. The van der Waals surface area contributed by atoms with Crippen LogP contribution in [-0.4, -0.2) is 29.0 Å². The van der Waals surface area contributed by atoms with Crippen molar-refractivity contribution in [2.75, 3.05) is 23.3 Å². The molecule has 0 spiro atoms. The minimum atomic E-state index is -0.167. The van der Waals surface area contributed by atoms with Gasteiger partial charge >= 0.3 is 0 Å². The Balaban J connectivity index is 1.67. The predicted molar refractivity (Wildman–Crippen MR) is 79.2 cm³/mol. The van der Waals surface area contributed by atoms with Crippen LogP contribution in [0.15, 0.2) is 30.5 Å². The molecule has 5 nitrogen and oxygen atoms in total. The van der Waals surface area contributed by atoms with E-state index in [1.54, 1.807) is 6.20 Å². The number of aromatic amines is 1. The van der Waals surface area contributed by atoms with Crippen LogP contribution in [0, 0.1) is 6.92 Å². The van der Waals surface area contributed by atoms with Gasteiger partial charge in [-0.3, -0.25) is 4.79 Å². The molecule has 2 N–H and O–H groups in total. The van der Waals surface area contributed by atoms with Gasteiger partial charge in [0.05, 0.1) is 6.20 Å². The summed E-state index contributed by atoms with van der Waals surface area (Å²) in [6, 6.07) is 7.99. The van der Waals surface area contributed by atoms with E-state index >= 15 is 0 Å². The molecule has 1 aromatic heterocycles. The molecule has 1 aliphatic rings. The molecular formula is C15H18N4O. The van der Waals surface area contributed by atoms with Crippen LogP contribution in [0.1, 0.15) is 29.2 Å². The SMILES string of the molecule is Cc1ncc(C(=O)Nc2ccc(N3CCCC3)cc2)[nH]1. The van der Waals surface area contributed by atoms with Crippen molar-refractivity contribution in [3.63, 3.8) is 0 Å². The normalized spacial score (nSPS) is 14.6. The zero-order valence-corrected chi connectivity index (χ0v) is 11.5. The lowest BCUT2D eigenvalue weighted by Crippen LogP contribution is -2.17. The third-order valence-corrected chi connectivity index (χ3v) is 3.54. The summed E-state index contributed by atoms with van der Waals surface area (Å²) >= 11 is 0. The van der Waals surface area contributed by atoms with Gasteiger partial charge in [0.25, 0.3) is 5.91 Å². The number of amides is 1. The molecule has 0 unspecified atom stereocenters. The van der Waals surface area contributed by atoms with E-state index in [0.717, 1.165) is 24.6 Å². The first-order valence-electron chi connectivity index (χ1n) is 6.90. The van der Waals surface area contributed by atoms with E-state index in [4.69, 9.17) is 0 Å². The number of H-pyrrole nitrogens is 1. The molecule has 2 aromatic rings. The molecular weight excluding hydrogens is 252 g/mol. The summed E-state index contributed by atoms with van der Waals surface area (Å²) in [5.74, 6) is 0.569. The number of nitrogens with one attached hydrogen (secondary N) is 2. The Morgan fingerprint density at radius 2 is 1.95 bits per heavy atom. The van der Waals surface area contributed by atoms with E-state index < -0.39 is 0 Å². The van der Waals surface area contributed by atoms with Gasteiger partial charge in [0, 0.05) is 24.5 Å². The van der Waals surface area contributed by atoms with Gasteiger partial charge in [-0.2, -0.15) is 0 Å². The number of nitrogens with zero attached hydrogens (tertiary/aromatic N) is 2. The lowest BCUT2D eigenvalue weighted by molar-refractivity contribution is 0.102. The maximum atomic E-state index is 12.0. The standard InChI is InChI=1S/C15H18N4O/c1-11-16-10-14(17-11)15(20)18-12-4-6-13(7-5-12)19-8-2-3-9-19/h4-7,10H,2-3,8-9H2,1H3,(H,16,17)(H,18,20). The van der Waals surface area contributed by atoms with Gasteiger partial charge in [-0.25, -0.2) is 4.98 Å². The summed E-state index contributed by atoms with van der Waals surface area (Å²) in [5.41, 5.74) is 2.49. The topological polar surface area (TPSA) is 61.0 Å². The molecule has 104 valence electrons. The van der Waals surface area contributed by atoms with Crippen LogP contribution in [0.25, 0.3) is 0 Å². The van der Waals surface area contributed by atoms with Crippen LogP contribution in [0.2, 0.25) is 0 Å². The van der Waals surface area contributed by atoms with Crippen LogP contribution >= 0.6 is 0 Å². The van der Waals surface area contributed by atoms with Gasteiger partial charge in [0.1, 0.15) is 11.5 Å². The number of anilines is 2. The molecule has 0 atom stereocenters. The third-order valence-electron chi connectivity index (χ3n) is 3.54. The van der Waals surface area contributed by atoms with Crippen molar-refractivity contribution >= 4 is 17.3 Å². The van der Waals surface area contributed by atoms with E-state index in [-0.39, 0.29) is 5.91 Å². The number of hydrogen-bond acceptors (Lipinski definition) is 3. The zero-order valence-electron chi connectivity index (χ0n) is 11.5. The lowest BCUT2D eigenvalue weighted by atomic mass is 10.2. The van der Waals surface area contributed by atoms with Crippen LogP contribution in [0.3, 0.4) is 0 Å². The fourth-order valence-corrected chi connectivity index (χ4v) is 2.47. The maximum Gasteiger partial charge on any atom is 0.273 e. The Hall–Kier alpha value is -2.30. The van der Waals surface area contributed by atoms with Crippen molar-refractivity contribution in [1.82, 2.24) is 9.97 Å². The number of benzene rings is 1. The minimum Gasteiger partial charge on any atom is -0.372 e. The van der Waals surface area contributed by atoms with Crippen molar-refractivity contribution < 1.29 is 4.79 Å². The third kappa shape index (κ3) is 2.66. The number of carbonyl (C=O) groups is 1. The van der Waals surface area contributed by atoms with E-state index in [1.165, 1.54) is 18.5 Å². The minimum absolute atomic E-state index is 0.167. The Morgan fingerprint density at radius 3 is 2.55 bits per heavy atom. The molecule has 5 heteroatoms. The molecule has 1 aliphatic heterocycles. The monoisotopic (exact) mass is 270 g/mol. The summed E-state index contributed by atoms with van der Waals surface area (Å²) in [5, 5.41) is 2.86. The second-order valence-electron chi connectivity index (χ2n) is 5.08. The molecule has 20 heavy (non-hydrogen) atoms. The summed E-state index contributed by atoms with van der Waals surface area (Å²) in [7, 11) is 0. The lowest BCUT2D eigenvalue weighted by Gasteiger charge is -2.17. The Morgan fingerprint density at radius 1 is 1.25 bits per heavy atom. The quantitative estimate of drug-likeness (QED) is 0.901. The molecule has 0 aliphatic carbocycles. The fraction of sp³-hybridized carbons (Fsp3) is 0.333. The highest BCUT2D eigenvalue weighted by atomic mass is 16.1. The molecule has 0 bridgehead atoms. The highest BCUT2D eigenvalue weighted by molar-refractivity contribution is 6.02. The van der Waals surface area contributed by atoms with Crippen molar-refractivity contribution in [1.29, 1.82) is 0 Å².